The number of alkyl halides is 3. The summed E-state index contributed by atoms with van der Waals surface area (Å²) in [6, 6.07) is 4.90. The van der Waals surface area contributed by atoms with E-state index in [9.17, 15) is 18.0 Å². The Morgan fingerprint density at radius 1 is 1.31 bits per heavy atom. The van der Waals surface area contributed by atoms with Crippen LogP contribution in [0.15, 0.2) is 36.7 Å². The van der Waals surface area contributed by atoms with E-state index in [4.69, 9.17) is 0 Å². The van der Waals surface area contributed by atoms with E-state index in [-0.39, 0.29) is 11.6 Å². The average Bonchev–Trinajstić information content (AvgIpc) is 3.09. The molecule has 0 aliphatic carbocycles. The van der Waals surface area contributed by atoms with Crippen molar-refractivity contribution in [3.8, 4) is 5.69 Å². The molecule has 0 unspecified atom stereocenters. The fourth-order valence-corrected chi connectivity index (χ4v) is 3.08. The van der Waals surface area contributed by atoms with Gasteiger partial charge in [-0.15, -0.1) is 0 Å². The zero-order valence-electron chi connectivity index (χ0n) is 14.2. The molecule has 0 radical (unpaired) electrons. The second-order valence-corrected chi connectivity index (χ2v) is 6.50. The molecule has 0 bridgehead atoms. The number of halogens is 3. The SMILES string of the molecule is O=C(CCC1CCNCC1)Nc1cnn(-c2cccc(C(F)(F)F)c2)c1. The number of hydrogen-bond acceptors (Lipinski definition) is 3. The largest absolute Gasteiger partial charge is 0.416 e. The van der Waals surface area contributed by atoms with Crippen molar-refractivity contribution in [1.29, 1.82) is 0 Å². The lowest BCUT2D eigenvalue weighted by Crippen LogP contribution is -2.28. The Morgan fingerprint density at radius 3 is 2.81 bits per heavy atom. The topological polar surface area (TPSA) is 59.0 Å². The van der Waals surface area contributed by atoms with Crippen molar-refractivity contribution in [2.45, 2.75) is 31.9 Å². The number of amides is 1. The zero-order valence-corrected chi connectivity index (χ0v) is 14.2. The lowest BCUT2D eigenvalue weighted by atomic mass is 9.93. The van der Waals surface area contributed by atoms with E-state index >= 15 is 0 Å². The molecule has 1 amide bonds. The van der Waals surface area contributed by atoms with Crippen LogP contribution in [0.5, 0.6) is 0 Å². The highest BCUT2D eigenvalue weighted by atomic mass is 19.4. The van der Waals surface area contributed by atoms with Crippen LogP contribution in [0.4, 0.5) is 18.9 Å². The quantitative estimate of drug-likeness (QED) is 0.850. The summed E-state index contributed by atoms with van der Waals surface area (Å²) in [7, 11) is 0. The van der Waals surface area contributed by atoms with Crippen LogP contribution in [0.2, 0.25) is 0 Å². The summed E-state index contributed by atoms with van der Waals surface area (Å²) in [6.45, 7) is 1.99. The fourth-order valence-electron chi connectivity index (χ4n) is 3.08. The molecule has 2 heterocycles. The molecule has 2 aromatic rings. The van der Waals surface area contributed by atoms with E-state index in [1.165, 1.54) is 29.2 Å². The van der Waals surface area contributed by atoms with E-state index < -0.39 is 11.7 Å². The van der Waals surface area contributed by atoms with Crippen LogP contribution < -0.4 is 10.6 Å². The average molecular weight is 366 g/mol. The Kier molecular flexibility index (Phi) is 5.61. The number of piperidine rings is 1. The molecule has 1 aliphatic rings. The van der Waals surface area contributed by atoms with Gasteiger partial charge in [-0.05, 0) is 56.5 Å². The van der Waals surface area contributed by atoms with Gasteiger partial charge in [0.25, 0.3) is 0 Å². The van der Waals surface area contributed by atoms with Gasteiger partial charge in [0.1, 0.15) is 0 Å². The van der Waals surface area contributed by atoms with Gasteiger partial charge in [0.05, 0.1) is 29.3 Å². The van der Waals surface area contributed by atoms with Gasteiger partial charge >= 0.3 is 6.18 Å². The molecule has 8 heteroatoms. The number of nitrogens with zero attached hydrogens (tertiary/aromatic N) is 2. The summed E-state index contributed by atoms with van der Waals surface area (Å²) < 4.78 is 39.7. The van der Waals surface area contributed by atoms with Crippen LogP contribution in [-0.4, -0.2) is 28.8 Å². The number of carbonyl (C=O) groups is 1. The highest BCUT2D eigenvalue weighted by Gasteiger charge is 2.30. The third kappa shape index (κ3) is 4.85. The van der Waals surface area contributed by atoms with Gasteiger partial charge in [0.2, 0.25) is 5.91 Å². The van der Waals surface area contributed by atoms with Crippen LogP contribution >= 0.6 is 0 Å². The minimum Gasteiger partial charge on any atom is -0.323 e. The van der Waals surface area contributed by atoms with Crippen molar-refractivity contribution >= 4 is 11.6 Å². The molecule has 2 N–H and O–H groups in total. The second kappa shape index (κ2) is 7.90. The minimum atomic E-state index is -4.41. The van der Waals surface area contributed by atoms with Crippen molar-refractivity contribution in [2.24, 2.45) is 5.92 Å². The van der Waals surface area contributed by atoms with Crippen LogP contribution in [0, 0.1) is 5.92 Å². The molecular formula is C18H21F3N4O. The van der Waals surface area contributed by atoms with Gasteiger partial charge in [-0.25, -0.2) is 4.68 Å². The number of benzene rings is 1. The summed E-state index contributed by atoms with van der Waals surface area (Å²) in [5.41, 5.74) is 0.0193. The molecule has 140 valence electrons. The van der Waals surface area contributed by atoms with Crippen molar-refractivity contribution in [3.05, 3.63) is 42.2 Å². The van der Waals surface area contributed by atoms with Gasteiger partial charge in [-0.2, -0.15) is 18.3 Å². The van der Waals surface area contributed by atoms with E-state index in [0.29, 0.717) is 18.0 Å². The smallest absolute Gasteiger partial charge is 0.323 e. The molecule has 1 saturated heterocycles. The normalized spacial score (nSPS) is 15.8. The molecule has 0 spiro atoms. The van der Waals surface area contributed by atoms with Gasteiger partial charge < -0.3 is 10.6 Å². The molecule has 1 aliphatic heterocycles. The Hall–Kier alpha value is -2.35. The van der Waals surface area contributed by atoms with E-state index in [0.717, 1.165) is 44.5 Å². The van der Waals surface area contributed by atoms with Crippen LogP contribution in [0.3, 0.4) is 0 Å². The first-order valence-electron chi connectivity index (χ1n) is 8.65. The van der Waals surface area contributed by atoms with Crippen molar-refractivity contribution in [2.75, 3.05) is 18.4 Å². The molecule has 1 fully saturated rings. The maximum Gasteiger partial charge on any atom is 0.416 e. The molecule has 1 aromatic carbocycles. The molecule has 5 nitrogen and oxygen atoms in total. The minimum absolute atomic E-state index is 0.105. The zero-order chi connectivity index (χ0) is 18.6. The van der Waals surface area contributed by atoms with E-state index in [1.807, 2.05) is 0 Å². The summed E-state index contributed by atoms with van der Waals surface area (Å²) in [6.07, 6.45) is 1.98. The van der Waals surface area contributed by atoms with Crippen molar-refractivity contribution < 1.29 is 18.0 Å². The Bertz CT molecular complexity index is 751. The first-order valence-corrected chi connectivity index (χ1v) is 8.65. The predicted octanol–water partition coefficient (Wildman–Crippen LogP) is 3.61. The standard InChI is InChI=1S/C18H21F3N4O/c19-18(20,21)14-2-1-3-16(10-14)25-12-15(11-23-25)24-17(26)5-4-13-6-8-22-9-7-13/h1-3,10-13,22H,4-9H2,(H,24,26). The van der Waals surface area contributed by atoms with E-state index in [1.54, 1.807) is 0 Å². The third-order valence-electron chi connectivity index (χ3n) is 4.54. The highest BCUT2D eigenvalue weighted by molar-refractivity contribution is 5.90. The Morgan fingerprint density at radius 2 is 2.08 bits per heavy atom. The Labute approximate surface area is 149 Å². The molecule has 3 rings (SSSR count). The first kappa shape index (κ1) is 18.4. The summed E-state index contributed by atoms with van der Waals surface area (Å²) in [4.78, 5) is 12.1. The molecular weight excluding hydrogens is 345 g/mol. The molecule has 0 saturated carbocycles. The van der Waals surface area contributed by atoms with Crippen LogP contribution in [0.1, 0.15) is 31.2 Å². The monoisotopic (exact) mass is 366 g/mol. The second-order valence-electron chi connectivity index (χ2n) is 6.50. The lowest BCUT2D eigenvalue weighted by molar-refractivity contribution is -0.137. The van der Waals surface area contributed by atoms with Gasteiger partial charge in [-0.3, -0.25) is 4.79 Å². The lowest BCUT2D eigenvalue weighted by Gasteiger charge is -2.22. The fraction of sp³-hybridized carbons (Fsp3) is 0.444. The summed E-state index contributed by atoms with van der Waals surface area (Å²) in [5, 5.41) is 10.1. The number of hydrogen-bond donors (Lipinski definition) is 2. The van der Waals surface area contributed by atoms with Crippen molar-refractivity contribution in [3.63, 3.8) is 0 Å². The summed E-state index contributed by atoms with van der Waals surface area (Å²) >= 11 is 0. The molecule has 0 atom stereocenters. The highest BCUT2D eigenvalue weighted by Crippen LogP contribution is 2.30. The third-order valence-corrected chi connectivity index (χ3v) is 4.54. The van der Waals surface area contributed by atoms with Crippen LogP contribution in [-0.2, 0) is 11.0 Å². The maximum atomic E-state index is 12.8. The number of nitrogens with one attached hydrogen (secondary N) is 2. The number of anilines is 1. The van der Waals surface area contributed by atoms with E-state index in [2.05, 4.69) is 15.7 Å². The Balaban J connectivity index is 1.58. The van der Waals surface area contributed by atoms with Gasteiger partial charge in [0.15, 0.2) is 0 Å². The number of carbonyl (C=O) groups excluding carboxylic acids is 1. The van der Waals surface area contributed by atoms with Gasteiger partial charge in [0, 0.05) is 6.42 Å². The number of aromatic nitrogens is 2. The molecule has 1 aromatic heterocycles. The summed E-state index contributed by atoms with van der Waals surface area (Å²) in [5.74, 6) is 0.460. The van der Waals surface area contributed by atoms with Crippen molar-refractivity contribution in [1.82, 2.24) is 15.1 Å². The van der Waals surface area contributed by atoms with Crippen LogP contribution in [0.25, 0.3) is 5.69 Å². The molecule has 26 heavy (non-hydrogen) atoms. The van der Waals surface area contributed by atoms with Gasteiger partial charge in [-0.1, -0.05) is 6.07 Å². The maximum absolute atomic E-state index is 12.8. The number of rotatable bonds is 5. The predicted molar refractivity (Wildman–Crippen MR) is 92.0 cm³/mol. The first-order chi connectivity index (χ1) is 12.4.